The van der Waals surface area contributed by atoms with Gasteiger partial charge in [0.1, 0.15) is 0 Å². The highest BCUT2D eigenvalue weighted by Gasteiger charge is 2.12. The first-order valence-electron chi connectivity index (χ1n) is 5.09. The van der Waals surface area contributed by atoms with Gasteiger partial charge in [-0.15, -0.1) is 0 Å². The van der Waals surface area contributed by atoms with Crippen LogP contribution in [0.2, 0.25) is 0 Å². The summed E-state index contributed by atoms with van der Waals surface area (Å²) < 4.78 is 26.1. The number of alkyl halides is 1. The van der Waals surface area contributed by atoms with Crippen LogP contribution in [0.3, 0.4) is 0 Å². The Bertz CT molecular complexity index is 323. The van der Waals surface area contributed by atoms with Gasteiger partial charge in [0.2, 0.25) is 0 Å². The summed E-state index contributed by atoms with van der Waals surface area (Å²) in [6.07, 6.45) is 1.38. The molecule has 1 unspecified atom stereocenters. The summed E-state index contributed by atoms with van der Waals surface area (Å²) in [4.78, 5) is 0.347. The molecule has 1 rings (SSSR count). The Hall–Kier alpha value is -0.440. The van der Waals surface area contributed by atoms with Crippen molar-refractivity contribution in [2.24, 2.45) is 5.92 Å². The zero-order valence-electron chi connectivity index (χ0n) is 8.93. The minimum atomic E-state index is -0.761. The maximum Gasteiger partial charge on any atom is 0.162 e. The van der Waals surface area contributed by atoms with Gasteiger partial charge in [0.15, 0.2) is 11.6 Å². The lowest BCUT2D eigenvalue weighted by atomic mass is 10.0. The molecule has 0 aliphatic heterocycles. The Morgan fingerprint density at radius 3 is 2.53 bits per heavy atom. The fraction of sp³-hybridized carbons (Fsp3) is 0.500. The van der Waals surface area contributed by atoms with Gasteiger partial charge in [0.05, 0.1) is 0 Å². The molecular weight excluding hydrogens is 262 g/mol. The molecule has 0 nitrogen and oxygen atoms in total. The lowest BCUT2D eigenvalue weighted by molar-refractivity contribution is 0.493. The van der Waals surface area contributed by atoms with Gasteiger partial charge in [-0.3, -0.25) is 0 Å². The van der Waals surface area contributed by atoms with E-state index in [2.05, 4.69) is 29.8 Å². The van der Waals surface area contributed by atoms with Gasteiger partial charge in [0.25, 0.3) is 0 Å². The molecule has 0 N–H and O–H groups in total. The number of benzene rings is 1. The van der Waals surface area contributed by atoms with Crippen molar-refractivity contribution in [3.8, 4) is 0 Å². The highest BCUT2D eigenvalue weighted by molar-refractivity contribution is 9.09. The maximum atomic E-state index is 13.3. The summed E-state index contributed by atoms with van der Waals surface area (Å²) in [5, 5.41) is 0. The first-order valence-corrected chi connectivity index (χ1v) is 6.01. The van der Waals surface area contributed by atoms with Crippen LogP contribution >= 0.6 is 15.9 Å². The molecule has 0 radical (unpaired) electrons. The van der Waals surface area contributed by atoms with Crippen LogP contribution in [-0.4, -0.2) is 4.83 Å². The largest absolute Gasteiger partial charge is 0.204 e. The fourth-order valence-corrected chi connectivity index (χ4v) is 1.60. The number of aryl methyl sites for hydroxylation is 1. The summed E-state index contributed by atoms with van der Waals surface area (Å²) >= 11 is 3.53. The zero-order chi connectivity index (χ0) is 11.4. The van der Waals surface area contributed by atoms with Crippen molar-refractivity contribution < 1.29 is 8.78 Å². The Morgan fingerprint density at radius 1 is 1.27 bits per heavy atom. The maximum absolute atomic E-state index is 13.3. The SMILES string of the molecule is CC(C)C(Br)CCc1cccc(F)c1F. The van der Waals surface area contributed by atoms with Gasteiger partial charge in [-0.1, -0.05) is 41.9 Å². The van der Waals surface area contributed by atoms with Crippen LogP contribution in [0, 0.1) is 17.6 Å². The van der Waals surface area contributed by atoms with E-state index in [0.29, 0.717) is 22.7 Å². The fourth-order valence-electron chi connectivity index (χ4n) is 1.37. The first kappa shape index (κ1) is 12.6. The Kier molecular flexibility index (Phi) is 4.71. The van der Waals surface area contributed by atoms with Crippen LogP contribution in [0.1, 0.15) is 25.8 Å². The second-order valence-corrected chi connectivity index (χ2v) is 5.19. The smallest absolute Gasteiger partial charge is 0.162 e. The van der Waals surface area contributed by atoms with Crippen LogP contribution in [-0.2, 0) is 6.42 Å². The van der Waals surface area contributed by atoms with Gasteiger partial charge < -0.3 is 0 Å². The van der Waals surface area contributed by atoms with E-state index in [0.717, 1.165) is 12.5 Å². The quantitative estimate of drug-likeness (QED) is 0.719. The van der Waals surface area contributed by atoms with Crippen molar-refractivity contribution in [2.75, 3.05) is 0 Å². The second kappa shape index (κ2) is 5.59. The third-order valence-electron chi connectivity index (χ3n) is 2.44. The molecule has 15 heavy (non-hydrogen) atoms. The summed E-state index contributed by atoms with van der Waals surface area (Å²) in [5.41, 5.74) is 0.458. The molecule has 0 heterocycles. The van der Waals surface area contributed by atoms with E-state index >= 15 is 0 Å². The molecule has 3 heteroatoms. The number of hydrogen-bond donors (Lipinski definition) is 0. The topological polar surface area (TPSA) is 0 Å². The van der Waals surface area contributed by atoms with Crippen molar-refractivity contribution in [2.45, 2.75) is 31.5 Å². The highest BCUT2D eigenvalue weighted by atomic mass is 79.9. The molecule has 0 saturated heterocycles. The molecule has 1 atom stereocenters. The summed E-state index contributed by atoms with van der Waals surface area (Å²) in [6, 6.07) is 4.33. The van der Waals surface area contributed by atoms with E-state index in [-0.39, 0.29) is 0 Å². The molecule has 0 aliphatic rings. The Morgan fingerprint density at radius 2 is 1.93 bits per heavy atom. The van der Waals surface area contributed by atoms with Crippen LogP contribution in [0.4, 0.5) is 8.78 Å². The molecule has 0 saturated carbocycles. The van der Waals surface area contributed by atoms with Crippen LogP contribution < -0.4 is 0 Å². The first-order chi connectivity index (χ1) is 7.02. The van der Waals surface area contributed by atoms with E-state index in [1.54, 1.807) is 12.1 Å². The van der Waals surface area contributed by atoms with E-state index in [1.165, 1.54) is 0 Å². The highest BCUT2D eigenvalue weighted by Crippen LogP contribution is 2.20. The van der Waals surface area contributed by atoms with Gasteiger partial charge in [-0.2, -0.15) is 0 Å². The molecule has 0 aliphatic carbocycles. The van der Waals surface area contributed by atoms with E-state index in [9.17, 15) is 8.78 Å². The molecule has 0 amide bonds. The predicted octanol–water partition coefficient (Wildman–Crippen LogP) is 4.32. The average molecular weight is 277 g/mol. The predicted molar refractivity (Wildman–Crippen MR) is 62.2 cm³/mol. The standard InChI is InChI=1S/C12H15BrF2/c1-8(2)10(13)7-6-9-4-3-5-11(14)12(9)15/h3-5,8,10H,6-7H2,1-2H3. The minimum Gasteiger partial charge on any atom is -0.204 e. The van der Waals surface area contributed by atoms with E-state index in [4.69, 9.17) is 0 Å². The van der Waals surface area contributed by atoms with Crippen molar-refractivity contribution in [1.29, 1.82) is 0 Å². The third kappa shape index (κ3) is 3.56. The Balaban J connectivity index is 2.62. The number of rotatable bonds is 4. The van der Waals surface area contributed by atoms with Crippen molar-refractivity contribution in [1.82, 2.24) is 0 Å². The molecule has 1 aromatic carbocycles. The molecule has 0 spiro atoms. The third-order valence-corrected chi connectivity index (χ3v) is 3.96. The van der Waals surface area contributed by atoms with Gasteiger partial charge in [-0.05, 0) is 30.4 Å². The summed E-state index contributed by atoms with van der Waals surface area (Å²) in [7, 11) is 0. The van der Waals surface area contributed by atoms with Crippen LogP contribution in [0.15, 0.2) is 18.2 Å². The summed E-state index contributed by atoms with van der Waals surface area (Å²) in [5.74, 6) is -0.967. The monoisotopic (exact) mass is 276 g/mol. The molecule has 1 aromatic rings. The second-order valence-electron chi connectivity index (χ2n) is 4.01. The molecule has 0 aromatic heterocycles. The number of halogens is 3. The van der Waals surface area contributed by atoms with Gasteiger partial charge >= 0.3 is 0 Å². The lowest BCUT2D eigenvalue weighted by Crippen LogP contribution is -2.09. The van der Waals surface area contributed by atoms with E-state index < -0.39 is 11.6 Å². The van der Waals surface area contributed by atoms with Crippen molar-refractivity contribution in [3.05, 3.63) is 35.4 Å². The van der Waals surface area contributed by atoms with Crippen LogP contribution in [0.25, 0.3) is 0 Å². The van der Waals surface area contributed by atoms with Crippen molar-refractivity contribution >= 4 is 15.9 Å². The summed E-state index contributed by atoms with van der Waals surface area (Å²) in [6.45, 7) is 4.20. The number of hydrogen-bond acceptors (Lipinski definition) is 0. The lowest BCUT2D eigenvalue weighted by Gasteiger charge is -2.13. The zero-order valence-corrected chi connectivity index (χ0v) is 10.5. The molecule has 0 bridgehead atoms. The van der Waals surface area contributed by atoms with Crippen LogP contribution in [0.5, 0.6) is 0 Å². The molecule has 0 fully saturated rings. The normalized spacial score (nSPS) is 13.2. The van der Waals surface area contributed by atoms with Crippen molar-refractivity contribution in [3.63, 3.8) is 0 Å². The minimum absolute atomic E-state index is 0.347. The Labute approximate surface area is 97.8 Å². The molecule has 84 valence electrons. The van der Waals surface area contributed by atoms with Gasteiger partial charge in [-0.25, -0.2) is 8.78 Å². The van der Waals surface area contributed by atoms with E-state index in [1.807, 2.05) is 0 Å². The van der Waals surface area contributed by atoms with Gasteiger partial charge in [0, 0.05) is 4.83 Å². The average Bonchev–Trinajstić information content (AvgIpc) is 2.19. The molecular formula is C12H15BrF2.